The van der Waals surface area contributed by atoms with Gasteiger partial charge in [0.15, 0.2) is 0 Å². The molecular formula is C29H37N3O4S. The maximum atomic E-state index is 13.6. The maximum Gasteiger partial charge on any atom is 0.243 e. The molecule has 198 valence electrons. The van der Waals surface area contributed by atoms with Gasteiger partial charge in [-0.2, -0.15) is 4.31 Å². The van der Waals surface area contributed by atoms with E-state index in [0.29, 0.717) is 13.0 Å². The second kappa shape index (κ2) is 12.8. The van der Waals surface area contributed by atoms with Crippen molar-refractivity contribution in [1.82, 2.24) is 14.5 Å². The molecule has 8 heteroatoms. The average molecular weight is 524 g/mol. The summed E-state index contributed by atoms with van der Waals surface area (Å²) in [6.45, 7) is 6.24. The molecule has 3 rings (SSSR count). The fourth-order valence-corrected chi connectivity index (χ4v) is 5.46. The van der Waals surface area contributed by atoms with Gasteiger partial charge in [-0.25, -0.2) is 8.42 Å². The van der Waals surface area contributed by atoms with Gasteiger partial charge >= 0.3 is 0 Å². The van der Waals surface area contributed by atoms with Crippen molar-refractivity contribution in [3.05, 3.63) is 77.9 Å². The van der Waals surface area contributed by atoms with Crippen LogP contribution in [0.25, 0.3) is 10.8 Å². The monoisotopic (exact) mass is 523 g/mol. The molecule has 0 spiro atoms. The second-order valence-electron chi connectivity index (χ2n) is 9.35. The van der Waals surface area contributed by atoms with Crippen LogP contribution in [0.5, 0.6) is 0 Å². The zero-order valence-corrected chi connectivity index (χ0v) is 22.9. The van der Waals surface area contributed by atoms with E-state index in [9.17, 15) is 18.0 Å². The summed E-state index contributed by atoms with van der Waals surface area (Å²) in [5.74, 6) is -0.650. The number of fused-ring (bicyclic) bond motifs is 1. The normalized spacial score (nSPS) is 12.5. The molecule has 7 nitrogen and oxygen atoms in total. The van der Waals surface area contributed by atoms with E-state index in [1.807, 2.05) is 69.3 Å². The van der Waals surface area contributed by atoms with Crippen molar-refractivity contribution in [2.24, 2.45) is 0 Å². The van der Waals surface area contributed by atoms with E-state index in [1.54, 1.807) is 18.2 Å². The minimum Gasteiger partial charge on any atom is -0.354 e. The summed E-state index contributed by atoms with van der Waals surface area (Å²) in [7, 11) is -2.53. The lowest BCUT2D eigenvalue weighted by Crippen LogP contribution is -2.51. The Labute approximate surface area is 220 Å². The van der Waals surface area contributed by atoms with Gasteiger partial charge in [-0.1, -0.05) is 80.4 Å². The van der Waals surface area contributed by atoms with Crippen molar-refractivity contribution in [2.45, 2.75) is 57.5 Å². The van der Waals surface area contributed by atoms with Crippen molar-refractivity contribution < 1.29 is 18.0 Å². The molecule has 0 unspecified atom stereocenters. The van der Waals surface area contributed by atoms with Crippen LogP contribution in [-0.2, 0) is 26.2 Å². The number of hydrogen-bond acceptors (Lipinski definition) is 4. The first kappa shape index (κ1) is 28.3. The molecular weight excluding hydrogens is 486 g/mol. The molecule has 1 N–H and O–H groups in total. The number of carbonyl (C=O) groups excluding carboxylic acids is 2. The van der Waals surface area contributed by atoms with E-state index in [1.165, 1.54) is 11.9 Å². The number of unbranched alkanes of at least 4 members (excludes halogenated alkanes) is 1. The van der Waals surface area contributed by atoms with E-state index >= 15 is 0 Å². The van der Waals surface area contributed by atoms with Gasteiger partial charge in [0.2, 0.25) is 21.8 Å². The van der Waals surface area contributed by atoms with E-state index in [2.05, 4.69) is 5.32 Å². The van der Waals surface area contributed by atoms with Crippen molar-refractivity contribution in [2.75, 3.05) is 20.1 Å². The van der Waals surface area contributed by atoms with Gasteiger partial charge in [-0.05, 0) is 48.2 Å². The largest absolute Gasteiger partial charge is 0.354 e. The van der Waals surface area contributed by atoms with Crippen LogP contribution in [0, 0.1) is 6.92 Å². The molecule has 0 bridgehead atoms. The number of carbonyl (C=O) groups is 2. The third-order valence-corrected chi connectivity index (χ3v) is 8.24. The Bertz CT molecular complexity index is 1340. The number of hydrogen-bond donors (Lipinski definition) is 1. The number of rotatable bonds is 12. The molecule has 37 heavy (non-hydrogen) atoms. The summed E-state index contributed by atoms with van der Waals surface area (Å²) in [5, 5.41) is 4.67. The van der Waals surface area contributed by atoms with Crippen molar-refractivity contribution in [3.8, 4) is 0 Å². The molecule has 3 aromatic rings. The summed E-state index contributed by atoms with van der Waals surface area (Å²) in [6, 6.07) is 19.5. The Hall–Kier alpha value is -3.23. The Morgan fingerprint density at radius 1 is 0.946 bits per heavy atom. The van der Waals surface area contributed by atoms with Gasteiger partial charge < -0.3 is 10.2 Å². The quantitative estimate of drug-likeness (QED) is 0.354. The van der Waals surface area contributed by atoms with Crippen LogP contribution in [0.2, 0.25) is 0 Å². The third kappa shape index (κ3) is 7.17. The number of nitrogens with one attached hydrogen (secondary N) is 1. The molecule has 0 saturated carbocycles. The van der Waals surface area contributed by atoms with Gasteiger partial charge in [-0.3, -0.25) is 9.59 Å². The molecule has 0 aromatic heterocycles. The molecule has 2 amide bonds. The van der Waals surface area contributed by atoms with Gasteiger partial charge in [0.25, 0.3) is 0 Å². The van der Waals surface area contributed by atoms with E-state index < -0.39 is 22.0 Å². The first-order chi connectivity index (χ1) is 17.7. The lowest BCUT2D eigenvalue weighted by atomic mass is 10.1. The van der Waals surface area contributed by atoms with E-state index in [0.717, 1.165) is 39.0 Å². The summed E-state index contributed by atoms with van der Waals surface area (Å²) < 4.78 is 27.8. The number of sulfonamides is 1. The number of likely N-dealkylation sites (N-methyl/N-ethyl adjacent to an activating group) is 1. The van der Waals surface area contributed by atoms with E-state index in [4.69, 9.17) is 0 Å². The summed E-state index contributed by atoms with van der Waals surface area (Å²) in [6.07, 6.45) is 2.21. The van der Waals surface area contributed by atoms with Crippen LogP contribution >= 0.6 is 0 Å². The van der Waals surface area contributed by atoms with Crippen LogP contribution in [0.15, 0.2) is 71.6 Å². The first-order valence-corrected chi connectivity index (χ1v) is 14.2. The highest BCUT2D eigenvalue weighted by Gasteiger charge is 2.31. The summed E-state index contributed by atoms with van der Waals surface area (Å²) in [4.78, 5) is 28.3. The van der Waals surface area contributed by atoms with Crippen molar-refractivity contribution in [3.63, 3.8) is 0 Å². The van der Waals surface area contributed by atoms with Crippen LogP contribution in [-0.4, -0.2) is 55.6 Å². The van der Waals surface area contributed by atoms with Gasteiger partial charge in [0.1, 0.15) is 6.04 Å². The Balaban J connectivity index is 1.86. The van der Waals surface area contributed by atoms with Crippen molar-refractivity contribution >= 4 is 32.6 Å². The van der Waals surface area contributed by atoms with Crippen LogP contribution < -0.4 is 5.32 Å². The zero-order chi connectivity index (χ0) is 27.0. The third-order valence-electron chi connectivity index (χ3n) is 6.44. The highest BCUT2D eigenvalue weighted by molar-refractivity contribution is 7.89. The van der Waals surface area contributed by atoms with Gasteiger partial charge in [0, 0.05) is 20.1 Å². The predicted molar refractivity (Wildman–Crippen MR) is 147 cm³/mol. The number of aryl methyl sites for hydroxylation is 1. The molecule has 0 aliphatic carbocycles. The predicted octanol–water partition coefficient (Wildman–Crippen LogP) is 4.49. The number of amides is 2. The zero-order valence-electron chi connectivity index (χ0n) is 22.1. The lowest BCUT2D eigenvalue weighted by Gasteiger charge is -2.32. The Kier molecular flexibility index (Phi) is 9.83. The minimum absolute atomic E-state index is 0.121. The first-order valence-electron chi connectivity index (χ1n) is 12.7. The topological polar surface area (TPSA) is 86.8 Å². The Morgan fingerprint density at radius 2 is 1.68 bits per heavy atom. The highest BCUT2D eigenvalue weighted by Crippen LogP contribution is 2.22. The van der Waals surface area contributed by atoms with Gasteiger partial charge in [0.05, 0.1) is 11.4 Å². The van der Waals surface area contributed by atoms with E-state index in [-0.39, 0.29) is 23.9 Å². The fraction of sp³-hybridized carbons (Fsp3) is 0.379. The molecule has 0 aliphatic heterocycles. The van der Waals surface area contributed by atoms with Crippen molar-refractivity contribution in [1.29, 1.82) is 0 Å². The lowest BCUT2D eigenvalue weighted by molar-refractivity contribution is -0.141. The molecule has 0 aliphatic rings. The van der Waals surface area contributed by atoms with Gasteiger partial charge in [-0.15, -0.1) is 0 Å². The minimum atomic E-state index is -3.92. The fourth-order valence-electron chi connectivity index (χ4n) is 4.31. The molecule has 0 radical (unpaired) electrons. The van der Waals surface area contributed by atoms with Crippen LogP contribution in [0.3, 0.4) is 0 Å². The SMILES string of the molecule is CCCCNC(=O)[C@H](CC)N(Cc1cccc(C)c1)C(=O)CN(C)S(=O)(=O)c1ccc2ccccc2c1. The summed E-state index contributed by atoms with van der Waals surface area (Å²) >= 11 is 0. The smallest absolute Gasteiger partial charge is 0.243 e. The summed E-state index contributed by atoms with van der Waals surface area (Å²) in [5.41, 5.74) is 1.93. The molecule has 0 fully saturated rings. The Morgan fingerprint density at radius 3 is 2.35 bits per heavy atom. The molecule has 1 atom stereocenters. The molecule has 0 heterocycles. The average Bonchev–Trinajstić information content (AvgIpc) is 2.88. The maximum absolute atomic E-state index is 13.6. The second-order valence-corrected chi connectivity index (χ2v) is 11.4. The number of benzene rings is 3. The van der Waals surface area contributed by atoms with Crippen LogP contribution in [0.1, 0.15) is 44.2 Å². The number of nitrogens with zero attached hydrogens (tertiary/aromatic N) is 2. The molecule has 3 aromatic carbocycles. The van der Waals surface area contributed by atoms with Crippen LogP contribution in [0.4, 0.5) is 0 Å². The highest BCUT2D eigenvalue weighted by atomic mass is 32.2. The standard InChI is InChI=1S/C29H37N3O4S/c1-5-7-17-30-29(34)27(6-2)32(20-23-12-10-11-22(3)18-23)28(33)21-31(4)37(35,36)26-16-15-24-13-8-9-14-25(24)19-26/h8-16,18-19,27H,5-7,17,20-21H2,1-4H3,(H,30,34)/t27-/m0/s1. The molecule has 0 saturated heterocycles.